The predicted molar refractivity (Wildman–Crippen MR) is 81.4 cm³/mol. The van der Waals surface area contributed by atoms with Crippen LogP contribution in [-0.4, -0.2) is 48.1 Å². The zero-order chi connectivity index (χ0) is 13.3. The topological polar surface area (TPSA) is 6.48 Å². The summed E-state index contributed by atoms with van der Waals surface area (Å²) in [5.41, 5.74) is 0.675. The van der Waals surface area contributed by atoms with Gasteiger partial charge in [0.1, 0.15) is 0 Å². The maximum absolute atomic E-state index is 2.89. The van der Waals surface area contributed by atoms with E-state index in [2.05, 4.69) is 23.6 Å². The van der Waals surface area contributed by atoms with Gasteiger partial charge in [-0.05, 0) is 50.5 Å². The first kappa shape index (κ1) is 13.9. The molecule has 0 aromatic carbocycles. The number of rotatable bonds is 4. The Morgan fingerprint density at radius 1 is 1.05 bits per heavy atom. The van der Waals surface area contributed by atoms with Crippen molar-refractivity contribution in [1.29, 1.82) is 0 Å². The lowest BCUT2D eigenvalue weighted by atomic mass is 9.82. The van der Waals surface area contributed by atoms with E-state index in [1.54, 1.807) is 0 Å². The van der Waals surface area contributed by atoms with E-state index in [1.165, 1.54) is 77.5 Å². The van der Waals surface area contributed by atoms with Crippen LogP contribution in [0, 0.1) is 5.41 Å². The molecule has 0 N–H and O–H groups in total. The fourth-order valence-electron chi connectivity index (χ4n) is 4.91. The van der Waals surface area contributed by atoms with E-state index in [1.807, 2.05) is 0 Å². The van der Waals surface area contributed by atoms with Gasteiger partial charge < -0.3 is 0 Å². The second kappa shape index (κ2) is 5.73. The van der Waals surface area contributed by atoms with Crippen LogP contribution in [-0.2, 0) is 0 Å². The van der Waals surface area contributed by atoms with Gasteiger partial charge in [0, 0.05) is 31.7 Å². The molecule has 2 saturated heterocycles. The zero-order valence-corrected chi connectivity index (χ0v) is 13.0. The molecule has 110 valence electrons. The maximum Gasteiger partial charge on any atom is 0.0224 e. The molecule has 0 amide bonds. The highest BCUT2D eigenvalue weighted by Gasteiger charge is 2.40. The molecule has 3 fully saturated rings. The third-order valence-corrected chi connectivity index (χ3v) is 6.33. The van der Waals surface area contributed by atoms with E-state index in [0.717, 1.165) is 12.1 Å². The van der Waals surface area contributed by atoms with Crippen molar-refractivity contribution < 1.29 is 0 Å². The van der Waals surface area contributed by atoms with Gasteiger partial charge in [-0.1, -0.05) is 26.7 Å². The van der Waals surface area contributed by atoms with E-state index in [4.69, 9.17) is 0 Å². The van der Waals surface area contributed by atoms with Gasteiger partial charge in [0.2, 0.25) is 0 Å². The molecule has 1 aliphatic carbocycles. The molecule has 2 heterocycles. The van der Waals surface area contributed by atoms with Crippen molar-refractivity contribution in [3.63, 3.8) is 0 Å². The van der Waals surface area contributed by atoms with Gasteiger partial charge in [-0.25, -0.2) is 0 Å². The molecule has 2 atom stereocenters. The molecule has 1 saturated carbocycles. The molecule has 0 spiro atoms. The first-order chi connectivity index (χ1) is 9.26. The van der Waals surface area contributed by atoms with Crippen molar-refractivity contribution in [3.8, 4) is 0 Å². The molecule has 2 unspecified atom stereocenters. The van der Waals surface area contributed by atoms with Crippen LogP contribution in [0.2, 0.25) is 0 Å². The van der Waals surface area contributed by atoms with Crippen LogP contribution in [0.25, 0.3) is 0 Å². The molecule has 2 aliphatic heterocycles. The van der Waals surface area contributed by atoms with Crippen LogP contribution in [0.1, 0.15) is 65.2 Å². The first-order valence-electron chi connectivity index (χ1n) is 8.74. The van der Waals surface area contributed by atoms with Crippen LogP contribution >= 0.6 is 0 Å². The van der Waals surface area contributed by atoms with Crippen molar-refractivity contribution in [1.82, 2.24) is 9.80 Å². The minimum absolute atomic E-state index is 0.675. The molecule has 0 aromatic heterocycles. The number of fused-ring (bicyclic) bond motifs is 1. The molecule has 0 radical (unpaired) electrons. The molecule has 0 aromatic rings. The molecule has 19 heavy (non-hydrogen) atoms. The lowest BCUT2D eigenvalue weighted by Crippen LogP contribution is -2.57. The monoisotopic (exact) mass is 264 g/mol. The van der Waals surface area contributed by atoms with Crippen LogP contribution in [0.5, 0.6) is 0 Å². The van der Waals surface area contributed by atoms with Crippen LogP contribution < -0.4 is 0 Å². The molecule has 3 aliphatic rings. The second-order valence-corrected chi connectivity index (χ2v) is 7.34. The number of hydrogen-bond acceptors (Lipinski definition) is 2. The number of piperazine rings is 1. The summed E-state index contributed by atoms with van der Waals surface area (Å²) in [7, 11) is 0. The van der Waals surface area contributed by atoms with Crippen LogP contribution in [0.3, 0.4) is 0 Å². The fraction of sp³-hybridized carbons (Fsp3) is 1.00. The minimum Gasteiger partial charge on any atom is -0.298 e. The standard InChI is InChI=1S/C17H32N2/c1-3-15-12-18-11-7-8-16(18)13-19(15)14-17(4-2)9-5-6-10-17/h15-16H,3-14H2,1-2H3. The Balaban J connectivity index is 1.67. The van der Waals surface area contributed by atoms with Gasteiger partial charge in [0.15, 0.2) is 0 Å². The van der Waals surface area contributed by atoms with Crippen LogP contribution in [0.4, 0.5) is 0 Å². The van der Waals surface area contributed by atoms with Crippen molar-refractivity contribution in [3.05, 3.63) is 0 Å². The van der Waals surface area contributed by atoms with Crippen molar-refractivity contribution in [2.45, 2.75) is 77.3 Å². The van der Waals surface area contributed by atoms with E-state index < -0.39 is 0 Å². The highest BCUT2D eigenvalue weighted by Crippen LogP contribution is 2.42. The predicted octanol–water partition coefficient (Wildman–Crippen LogP) is 3.52. The molecular formula is C17H32N2. The quantitative estimate of drug-likeness (QED) is 0.766. The summed E-state index contributed by atoms with van der Waals surface area (Å²) in [5.74, 6) is 0. The average Bonchev–Trinajstić information content (AvgIpc) is 3.07. The molecule has 2 nitrogen and oxygen atoms in total. The Bertz CT molecular complexity index is 296. The Morgan fingerprint density at radius 2 is 1.84 bits per heavy atom. The third kappa shape index (κ3) is 2.71. The van der Waals surface area contributed by atoms with E-state index in [-0.39, 0.29) is 0 Å². The summed E-state index contributed by atoms with van der Waals surface area (Å²) in [6.07, 6.45) is 11.6. The summed E-state index contributed by atoms with van der Waals surface area (Å²) < 4.78 is 0. The Morgan fingerprint density at radius 3 is 2.53 bits per heavy atom. The SMILES string of the molecule is CCC1CN2CCCC2CN1CC1(CC)CCCC1. The van der Waals surface area contributed by atoms with E-state index in [9.17, 15) is 0 Å². The maximum atomic E-state index is 2.89. The zero-order valence-electron chi connectivity index (χ0n) is 13.0. The summed E-state index contributed by atoms with van der Waals surface area (Å²) in [6, 6.07) is 1.72. The van der Waals surface area contributed by atoms with Gasteiger partial charge in [-0.3, -0.25) is 9.80 Å². The second-order valence-electron chi connectivity index (χ2n) is 7.34. The highest BCUT2D eigenvalue weighted by molar-refractivity contribution is 4.95. The lowest BCUT2D eigenvalue weighted by molar-refractivity contribution is 0.0167. The highest BCUT2D eigenvalue weighted by atomic mass is 15.3. The van der Waals surface area contributed by atoms with Gasteiger partial charge in [-0.2, -0.15) is 0 Å². The molecule has 0 bridgehead atoms. The molecular weight excluding hydrogens is 232 g/mol. The number of nitrogens with zero attached hydrogens (tertiary/aromatic N) is 2. The van der Waals surface area contributed by atoms with Crippen molar-refractivity contribution >= 4 is 0 Å². The number of hydrogen-bond donors (Lipinski definition) is 0. The Kier molecular flexibility index (Phi) is 4.19. The summed E-state index contributed by atoms with van der Waals surface area (Å²) in [5, 5.41) is 0. The minimum atomic E-state index is 0.675. The third-order valence-electron chi connectivity index (χ3n) is 6.33. The average molecular weight is 264 g/mol. The first-order valence-corrected chi connectivity index (χ1v) is 8.74. The Hall–Kier alpha value is -0.0800. The lowest BCUT2D eigenvalue weighted by Gasteiger charge is -2.47. The van der Waals surface area contributed by atoms with Gasteiger partial charge >= 0.3 is 0 Å². The summed E-state index contributed by atoms with van der Waals surface area (Å²) in [6.45, 7) is 10.3. The normalized spacial score (nSPS) is 35.7. The van der Waals surface area contributed by atoms with Gasteiger partial charge in [-0.15, -0.1) is 0 Å². The van der Waals surface area contributed by atoms with Gasteiger partial charge in [0.25, 0.3) is 0 Å². The van der Waals surface area contributed by atoms with Crippen LogP contribution in [0.15, 0.2) is 0 Å². The summed E-state index contributed by atoms with van der Waals surface area (Å²) in [4.78, 5) is 5.67. The van der Waals surface area contributed by atoms with E-state index in [0.29, 0.717) is 5.41 Å². The fourth-order valence-corrected chi connectivity index (χ4v) is 4.91. The molecule has 3 rings (SSSR count). The van der Waals surface area contributed by atoms with E-state index >= 15 is 0 Å². The smallest absolute Gasteiger partial charge is 0.0224 e. The van der Waals surface area contributed by atoms with Gasteiger partial charge in [0.05, 0.1) is 0 Å². The van der Waals surface area contributed by atoms with Crippen molar-refractivity contribution in [2.24, 2.45) is 5.41 Å². The summed E-state index contributed by atoms with van der Waals surface area (Å²) >= 11 is 0. The largest absolute Gasteiger partial charge is 0.298 e. The molecule has 2 heteroatoms. The van der Waals surface area contributed by atoms with Crippen molar-refractivity contribution in [2.75, 3.05) is 26.2 Å². The Labute approximate surface area is 119 Å².